The van der Waals surface area contributed by atoms with Crippen LogP contribution < -0.4 is 0 Å². The topological polar surface area (TPSA) is 17.1 Å². The summed E-state index contributed by atoms with van der Waals surface area (Å²) in [7, 11) is 0. The standard InChI is InChI=1S/C20H26O/c1-12-4-3-5-13(2)18(12)11-19(21)20-16-7-14-6-15(9-16)10-17(20)8-14/h3-5,14-17,20H,6-11H2,1-2H3. The highest BCUT2D eigenvalue weighted by Crippen LogP contribution is 2.56. The summed E-state index contributed by atoms with van der Waals surface area (Å²) >= 11 is 0. The highest BCUT2D eigenvalue weighted by molar-refractivity contribution is 5.84. The predicted octanol–water partition coefficient (Wildman–Crippen LogP) is 4.49. The van der Waals surface area contributed by atoms with Gasteiger partial charge in [0, 0.05) is 12.3 Å². The Kier molecular flexibility index (Phi) is 3.20. The molecule has 4 aliphatic carbocycles. The lowest BCUT2D eigenvalue weighted by Gasteiger charge is -2.53. The maximum absolute atomic E-state index is 13.0. The van der Waals surface area contributed by atoms with Gasteiger partial charge in [0.1, 0.15) is 5.78 Å². The Labute approximate surface area is 128 Å². The molecule has 0 saturated heterocycles. The Bertz CT molecular complexity index is 523. The van der Waals surface area contributed by atoms with Crippen molar-refractivity contribution in [3.8, 4) is 0 Å². The van der Waals surface area contributed by atoms with E-state index >= 15 is 0 Å². The summed E-state index contributed by atoms with van der Waals surface area (Å²) in [5.41, 5.74) is 3.86. The Morgan fingerprint density at radius 3 is 2.00 bits per heavy atom. The van der Waals surface area contributed by atoms with E-state index in [0.717, 1.165) is 23.7 Å². The van der Waals surface area contributed by atoms with Gasteiger partial charge in [-0.3, -0.25) is 4.79 Å². The Balaban J connectivity index is 1.55. The first kappa shape index (κ1) is 13.5. The molecular formula is C20H26O. The first-order valence-electron chi connectivity index (χ1n) is 8.69. The molecule has 0 unspecified atom stereocenters. The van der Waals surface area contributed by atoms with Crippen molar-refractivity contribution in [2.24, 2.45) is 29.6 Å². The zero-order chi connectivity index (χ0) is 14.6. The fraction of sp³-hybridized carbons (Fsp3) is 0.650. The monoisotopic (exact) mass is 282 g/mol. The lowest BCUT2D eigenvalue weighted by Crippen LogP contribution is -2.48. The van der Waals surface area contributed by atoms with E-state index in [4.69, 9.17) is 0 Å². The molecule has 4 saturated carbocycles. The van der Waals surface area contributed by atoms with Gasteiger partial charge in [0.15, 0.2) is 0 Å². The number of rotatable bonds is 3. The fourth-order valence-electron chi connectivity index (χ4n) is 5.87. The number of hydrogen-bond acceptors (Lipinski definition) is 1. The largest absolute Gasteiger partial charge is 0.299 e. The number of ketones is 1. The van der Waals surface area contributed by atoms with Crippen molar-refractivity contribution in [3.63, 3.8) is 0 Å². The first-order valence-corrected chi connectivity index (χ1v) is 8.69. The maximum Gasteiger partial charge on any atom is 0.140 e. The lowest BCUT2D eigenvalue weighted by molar-refractivity contribution is -0.135. The van der Waals surface area contributed by atoms with Gasteiger partial charge in [0.25, 0.3) is 0 Å². The van der Waals surface area contributed by atoms with Gasteiger partial charge >= 0.3 is 0 Å². The lowest BCUT2D eigenvalue weighted by atomic mass is 9.51. The van der Waals surface area contributed by atoms with E-state index in [1.165, 1.54) is 48.8 Å². The van der Waals surface area contributed by atoms with Crippen LogP contribution in [0.2, 0.25) is 0 Å². The molecule has 4 aliphatic rings. The van der Waals surface area contributed by atoms with Gasteiger partial charge in [-0.1, -0.05) is 18.2 Å². The van der Waals surface area contributed by atoms with Crippen molar-refractivity contribution in [1.29, 1.82) is 0 Å². The molecule has 1 nitrogen and oxygen atoms in total. The van der Waals surface area contributed by atoms with E-state index in [1.807, 2.05) is 0 Å². The molecule has 1 aromatic carbocycles. The SMILES string of the molecule is Cc1cccc(C)c1CC(=O)C1C2CC3CC(C2)CC1C3. The number of aryl methyl sites for hydroxylation is 2. The molecule has 21 heavy (non-hydrogen) atoms. The molecule has 0 spiro atoms. The Morgan fingerprint density at radius 2 is 1.48 bits per heavy atom. The minimum Gasteiger partial charge on any atom is -0.299 e. The van der Waals surface area contributed by atoms with Crippen LogP contribution in [-0.4, -0.2) is 5.78 Å². The van der Waals surface area contributed by atoms with Crippen LogP contribution in [0.3, 0.4) is 0 Å². The maximum atomic E-state index is 13.0. The molecule has 5 rings (SSSR count). The van der Waals surface area contributed by atoms with E-state index in [9.17, 15) is 4.79 Å². The minimum absolute atomic E-state index is 0.386. The van der Waals surface area contributed by atoms with Gasteiger partial charge in [0.2, 0.25) is 0 Å². The average Bonchev–Trinajstić information content (AvgIpc) is 2.42. The molecule has 4 bridgehead atoms. The molecule has 0 aromatic heterocycles. The third-order valence-electron chi connectivity index (χ3n) is 6.59. The second-order valence-corrected chi connectivity index (χ2v) is 7.97. The molecule has 0 amide bonds. The molecule has 1 aromatic rings. The molecular weight excluding hydrogens is 256 g/mol. The fourth-order valence-corrected chi connectivity index (χ4v) is 5.87. The highest BCUT2D eigenvalue weighted by Gasteiger charge is 2.50. The van der Waals surface area contributed by atoms with Crippen molar-refractivity contribution in [3.05, 3.63) is 34.9 Å². The van der Waals surface area contributed by atoms with E-state index in [0.29, 0.717) is 18.1 Å². The van der Waals surface area contributed by atoms with E-state index < -0.39 is 0 Å². The van der Waals surface area contributed by atoms with Crippen LogP contribution in [0.25, 0.3) is 0 Å². The zero-order valence-electron chi connectivity index (χ0n) is 13.3. The van der Waals surface area contributed by atoms with Crippen LogP contribution in [0.15, 0.2) is 18.2 Å². The van der Waals surface area contributed by atoms with Crippen LogP contribution in [0.1, 0.15) is 48.8 Å². The van der Waals surface area contributed by atoms with Gasteiger partial charge in [-0.05, 0) is 86.3 Å². The van der Waals surface area contributed by atoms with E-state index in [1.54, 1.807) is 0 Å². The predicted molar refractivity (Wildman–Crippen MR) is 85.2 cm³/mol. The van der Waals surface area contributed by atoms with E-state index in [-0.39, 0.29) is 0 Å². The number of hydrogen-bond donors (Lipinski definition) is 0. The highest BCUT2D eigenvalue weighted by atomic mass is 16.1. The quantitative estimate of drug-likeness (QED) is 0.798. The second-order valence-electron chi connectivity index (χ2n) is 7.97. The number of carbonyl (C=O) groups excluding carboxylic acids is 1. The van der Waals surface area contributed by atoms with Gasteiger partial charge < -0.3 is 0 Å². The second kappa shape index (κ2) is 4.97. The van der Waals surface area contributed by atoms with Gasteiger partial charge in [-0.15, -0.1) is 0 Å². The van der Waals surface area contributed by atoms with Crippen LogP contribution >= 0.6 is 0 Å². The number of Topliss-reactive ketones (excluding diaryl/α,β-unsaturated/α-hetero) is 1. The molecule has 0 aliphatic heterocycles. The van der Waals surface area contributed by atoms with Crippen LogP contribution in [0.4, 0.5) is 0 Å². The van der Waals surface area contributed by atoms with Crippen LogP contribution in [0, 0.1) is 43.4 Å². The zero-order valence-corrected chi connectivity index (χ0v) is 13.3. The molecule has 0 heterocycles. The summed E-state index contributed by atoms with van der Waals surface area (Å²) in [6.45, 7) is 4.29. The summed E-state index contributed by atoms with van der Waals surface area (Å²) in [4.78, 5) is 13.0. The van der Waals surface area contributed by atoms with Crippen molar-refractivity contribution in [2.45, 2.75) is 52.4 Å². The van der Waals surface area contributed by atoms with Crippen molar-refractivity contribution in [1.82, 2.24) is 0 Å². The van der Waals surface area contributed by atoms with Crippen molar-refractivity contribution < 1.29 is 4.79 Å². The summed E-state index contributed by atoms with van der Waals surface area (Å²) in [6, 6.07) is 6.39. The third-order valence-corrected chi connectivity index (χ3v) is 6.59. The third kappa shape index (κ3) is 2.25. The molecule has 4 fully saturated rings. The molecule has 0 N–H and O–H groups in total. The molecule has 0 radical (unpaired) electrons. The molecule has 1 heteroatoms. The van der Waals surface area contributed by atoms with Gasteiger partial charge in [-0.25, -0.2) is 0 Å². The first-order chi connectivity index (χ1) is 10.1. The van der Waals surface area contributed by atoms with Gasteiger partial charge in [-0.2, -0.15) is 0 Å². The van der Waals surface area contributed by atoms with E-state index in [2.05, 4.69) is 32.0 Å². The smallest absolute Gasteiger partial charge is 0.140 e. The van der Waals surface area contributed by atoms with Gasteiger partial charge in [0.05, 0.1) is 0 Å². The molecule has 112 valence electrons. The summed E-state index contributed by atoms with van der Waals surface area (Å²) in [6.07, 6.45) is 7.51. The minimum atomic E-state index is 0.386. The number of carbonyl (C=O) groups is 1. The van der Waals surface area contributed by atoms with Crippen molar-refractivity contribution in [2.75, 3.05) is 0 Å². The van der Waals surface area contributed by atoms with Crippen molar-refractivity contribution >= 4 is 5.78 Å². The average molecular weight is 282 g/mol. The number of benzene rings is 1. The summed E-state index contributed by atoms with van der Waals surface area (Å²) in [5, 5.41) is 0. The Hall–Kier alpha value is -1.11. The molecule has 0 atom stereocenters. The normalized spacial score (nSPS) is 37.0. The van der Waals surface area contributed by atoms with Crippen LogP contribution in [-0.2, 0) is 11.2 Å². The summed E-state index contributed by atoms with van der Waals surface area (Å²) in [5.74, 6) is 4.28. The van der Waals surface area contributed by atoms with Crippen LogP contribution in [0.5, 0.6) is 0 Å². The Morgan fingerprint density at radius 1 is 0.952 bits per heavy atom. The summed E-state index contributed by atoms with van der Waals surface area (Å²) < 4.78 is 0.